The van der Waals surface area contributed by atoms with Gasteiger partial charge in [0.25, 0.3) is 0 Å². The minimum Gasteiger partial charge on any atom is -0.360 e. The van der Waals surface area contributed by atoms with E-state index in [0.717, 1.165) is 25.1 Å². The lowest BCUT2D eigenvalue weighted by Crippen LogP contribution is -2.18. The SMILES string of the molecule is N#CCN1CCCC1=C(C#N)C#N. The second kappa shape index (κ2) is 4.14. The lowest BCUT2D eigenvalue weighted by molar-refractivity contribution is 0.439. The van der Waals surface area contributed by atoms with Crippen LogP contribution in [0.25, 0.3) is 0 Å². The summed E-state index contributed by atoms with van der Waals surface area (Å²) in [6.07, 6.45) is 1.65. The molecule has 0 spiro atoms. The number of hydrogen-bond donors (Lipinski definition) is 0. The molecular weight excluding hydrogens is 164 g/mol. The van der Waals surface area contributed by atoms with Crippen LogP contribution in [-0.2, 0) is 0 Å². The van der Waals surface area contributed by atoms with Crippen LogP contribution in [0, 0.1) is 34.0 Å². The normalized spacial score (nSPS) is 14.5. The zero-order valence-electron chi connectivity index (χ0n) is 7.12. The first-order valence-corrected chi connectivity index (χ1v) is 3.98. The highest BCUT2D eigenvalue weighted by Crippen LogP contribution is 2.23. The molecule has 1 aliphatic rings. The van der Waals surface area contributed by atoms with E-state index >= 15 is 0 Å². The van der Waals surface area contributed by atoms with Crippen molar-refractivity contribution in [2.75, 3.05) is 13.1 Å². The monoisotopic (exact) mass is 172 g/mol. The zero-order valence-corrected chi connectivity index (χ0v) is 7.12. The number of allylic oxidation sites excluding steroid dienone is 2. The number of rotatable bonds is 1. The van der Waals surface area contributed by atoms with Gasteiger partial charge in [0.05, 0.1) is 6.07 Å². The fourth-order valence-electron chi connectivity index (χ4n) is 1.43. The van der Waals surface area contributed by atoms with Crippen molar-refractivity contribution >= 4 is 0 Å². The Bertz CT molecular complexity index is 331. The van der Waals surface area contributed by atoms with Gasteiger partial charge in [-0.15, -0.1) is 0 Å². The van der Waals surface area contributed by atoms with Crippen LogP contribution in [0.5, 0.6) is 0 Å². The Balaban J connectivity index is 2.93. The predicted octanol–water partition coefficient (Wildman–Crippen LogP) is 0.907. The third kappa shape index (κ3) is 1.78. The molecule has 0 atom stereocenters. The van der Waals surface area contributed by atoms with Crippen molar-refractivity contribution in [3.63, 3.8) is 0 Å². The van der Waals surface area contributed by atoms with E-state index < -0.39 is 0 Å². The van der Waals surface area contributed by atoms with Crippen LogP contribution in [-0.4, -0.2) is 18.0 Å². The lowest BCUT2D eigenvalue weighted by Gasteiger charge is -2.14. The summed E-state index contributed by atoms with van der Waals surface area (Å²) >= 11 is 0. The van der Waals surface area contributed by atoms with Gasteiger partial charge < -0.3 is 4.90 Å². The molecule has 0 bridgehead atoms. The zero-order chi connectivity index (χ0) is 9.68. The van der Waals surface area contributed by atoms with Crippen LogP contribution in [0.2, 0.25) is 0 Å². The highest BCUT2D eigenvalue weighted by Gasteiger charge is 2.20. The van der Waals surface area contributed by atoms with Crippen LogP contribution in [0.4, 0.5) is 0 Å². The average molecular weight is 172 g/mol. The van der Waals surface area contributed by atoms with E-state index in [1.807, 2.05) is 18.2 Å². The molecule has 0 unspecified atom stereocenters. The van der Waals surface area contributed by atoms with Crippen LogP contribution in [0.15, 0.2) is 11.3 Å². The van der Waals surface area contributed by atoms with E-state index in [-0.39, 0.29) is 12.1 Å². The Hall–Kier alpha value is -1.99. The van der Waals surface area contributed by atoms with E-state index in [0.29, 0.717) is 0 Å². The van der Waals surface area contributed by atoms with E-state index in [4.69, 9.17) is 15.8 Å². The molecule has 4 heteroatoms. The van der Waals surface area contributed by atoms with Gasteiger partial charge in [-0.05, 0) is 12.8 Å². The van der Waals surface area contributed by atoms with Crippen molar-refractivity contribution in [1.29, 1.82) is 15.8 Å². The summed E-state index contributed by atoms with van der Waals surface area (Å²) < 4.78 is 0. The molecule has 1 rings (SSSR count). The first-order chi connectivity index (χ1) is 6.33. The summed E-state index contributed by atoms with van der Waals surface area (Å²) in [6.45, 7) is 1.04. The maximum atomic E-state index is 8.63. The fourth-order valence-corrected chi connectivity index (χ4v) is 1.43. The summed E-state index contributed by atoms with van der Waals surface area (Å²) in [7, 11) is 0. The third-order valence-electron chi connectivity index (χ3n) is 2.00. The Kier molecular flexibility index (Phi) is 2.90. The van der Waals surface area contributed by atoms with Gasteiger partial charge in [0.1, 0.15) is 24.3 Å². The molecule has 0 saturated carbocycles. The van der Waals surface area contributed by atoms with Gasteiger partial charge in [-0.25, -0.2) is 0 Å². The van der Waals surface area contributed by atoms with E-state index in [1.165, 1.54) is 0 Å². The molecule has 1 saturated heterocycles. The van der Waals surface area contributed by atoms with Crippen molar-refractivity contribution in [2.24, 2.45) is 0 Å². The molecule has 0 aliphatic carbocycles. The molecular formula is C9H8N4. The quantitative estimate of drug-likeness (QED) is 0.435. The Morgan fingerprint density at radius 1 is 1.31 bits per heavy atom. The number of nitriles is 3. The largest absolute Gasteiger partial charge is 0.360 e. The summed E-state index contributed by atoms with van der Waals surface area (Å²) in [5, 5.41) is 25.8. The molecule has 1 aliphatic heterocycles. The van der Waals surface area contributed by atoms with Gasteiger partial charge in [0.2, 0.25) is 0 Å². The predicted molar refractivity (Wildman–Crippen MR) is 44.7 cm³/mol. The van der Waals surface area contributed by atoms with Gasteiger partial charge in [-0.2, -0.15) is 15.8 Å². The van der Waals surface area contributed by atoms with Crippen molar-refractivity contribution < 1.29 is 0 Å². The number of hydrogen-bond acceptors (Lipinski definition) is 4. The van der Waals surface area contributed by atoms with E-state index in [2.05, 4.69) is 0 Å². The highest BCUT2D eigenvalue weighted by molar-refractivity contribution is 5.40. The fraction of sp³-hybridized carbons (Fsp3) is 0.444. The summed E-state index contributed by atoms with van der Waals surface area (Å²) in [6, 6.07) is 5.71. The molecule has 4 nitrogen and oxygen atoms in total. The summed E-state index contributed by atoms with van der Waals surface area (Å²) in [4.78, 5) is 1.79. The second-order valence-corrected chi connectivity index (χ2v) is 2.73. The highest BCUT2D eigenvalue weighted by atomic mass is 15.1. The van der Waals surface area contributed by atoms with Gasteiger partial charge in [0.15, 0.2) is 0 Å². The topological polar surface area (TPSA) is 74.6 Å². The molecule has 0 aromatic rings. The van der Waals surface area contributed by atoms with Crippen molar-refractivity contribution in [1.82, 2.24) is 4.90 Å². The minimum absolute atomic E-state index is 0.146. The van der Waals surface area contributed by atoms with Crippen molar-refractivity contribution in [3.8, 4) is 18.2 Å². The minimum atomic E-state index is 0.146. The van der Waals surface area contributed by atoms with Gasteiger partial charge in [-0.1, -0.05) is 0 Å². The Morgan fingerprint density at radius 2 is 2.00 bits per heavy atom. The molecule has 1 fully saturated rings. The smallest absolute Gasteiger partial charge is 0.148 e. The average Bonchev–Trinajstić information content (AvgIpc) is 2.57. The second-order valence-electron chi connectivity index (χ2n) is 2.73. The van der Waals surface area contributed by atoms with Crippen LogP contribution >= 0.6 is 0 Å². The van der Waals surface area contributed by atoms with Crippen LogP contribution < -0.4 is 0 Å². The summed E-state index contributed by atoms with van der Waals surface area (Å²) in [5.74, 6) is 0. The van der Waals surface area contributed by atoms with Gasteiger partial charge >= 0.3 is 0 Å². The molecule has 0 radical (unpaired) electrons. The Labute approximate surface area is 76.9 Å². The van der Waals surface area contributed by atoms with Crippen molar-refractivity contribution in [2.45, 2.75) is 12.8 Å². The molecule has 0 aromatic heterocycles. The van der Waals surface area contributed by atoms with Crippen LogP contribution in [0.3, 0.4) is 0 Å². The lowest BCUT2D eigenvalue weighted by atomic mass is 10.2. The molecule has 0 amide bonds. The molecule has 13 heavy (non-hydrogen) atoms. The maximum absolute atomic E-state index is 8.63. The third-order valence-corrected chi connectivity index (χ3v) is 2.00. The molecule has 0 N–H and O–H groups in total. The van der Waals surface area contributed by atoms with E-state index in [9.17, 15) is 0 Å². The van der Waals surface area contributed by atoms with Crippen molar-refractivity contribution in [3.05, 3.63) is 11.3 Å². The maximum Gasteiger partial charge on any atom is 0.148 e. The molecule has 0 aromatic carbocycles. The molecule has 1 heterocycles. The first kappa shape index (κ1) is 9.10. The number of likely N-dealkylation sites (tertiary alicyclic amines) is 1. The molecule has 64 valence electrons. The standard InChI is InChI=1S/C9H8N4/c10-3-5-13-4-1-2-9(13)8(6-11)7-12/h1-2,4-5H2. The van der Waals surface area contributed by atoms with E-state index in [1.54, 1.807) is 4.90 Å². The van der Waals surface area contributed by atoms with Gasteiger partial charge in [0, 0.05) is 12.2 Å². The Morgan fingerprint density at radius 3 is 2.54 bits per heavy atom. The first-order valence-electron chi connectivity index (χ1n) is 3.98. The number of nitrogens with zero attached hydrogens (tertiary/aromatic N) is 4. The van der Waals surface area contributed by atoms with Crippen LogP contribution in [0.1, 0.15) is 12.8 Å². The summed E-state index contributed by atoms with van der Waals surface area (Å²) in [5.41, 5.74) is 0.874. The van der Waals surface area contributed by atoms with Gasteiger partial charge in [-0.3, -0.25) is 0 Å².